The lowest BCUT2D eigenvalue weighted by atomic mass is 10.1. The molecule has 1 aromatic carbocycles. The van der Waals surface area contributed by atoms with E-state index in [1.165, 1.54) is 0 Å². The van der Waals surface area contributed by atoms with Gasteiger partial charge in [0.15, 0.2) is 11.5 Å². The first kappa shape index (κ1) is 17.4. The molecule has 0 heterocycles. The fourth-order valence-corrected chi connectivity index (χ4v) is 3.44. The number of hydrogen-bond acceptors (Lipinski definition) is 4. The van der Waals surface area contributed by atoms with Crippen LogP contribution in [-0.2, 0) is 6.54 Å². The number of ether oxygens (including phenoxy) is 2. The molecule has 0 radical (unpaired) electrons. The average molecular weight is 328 g/mol. The molecule has 1 saturated carbocycles. The minimum absolute atomic E-state index is 0.152. The van der Waals surface area contributed by atoms with Crippen LogP contribution < -0.4 is 9.47 Å². The second-order valence-electron chi connectivity index (χ2n) is 6.00. The Morgan fingerprint density at radius 1 is 1.36 bits per heavy atom. The summed E-state index contributed by atoms with van der Waals surface area (Å²) < 4.78 is 10.9. The van der Waals surface area contributed by atoms with Crippen molar-refractivity contribution >= 4 is 11.6 Å². The normalized spacial score (nSPS) is 21.4. The molecule has 1 aromatic rings. The molecule has 0 aromatic heterocycles. The lowest BCUT2D eigenvalue weighted by molar-refractivity contribution is 0.108. The van der Waals surface area contributed by atoms with E-state index in [1.807, 2.05) is 19.1 Å². The number of nitrogens with zero attached hydrogens (tertiary/aromatic N) is 1. The Labute approximate surface area is 138 Å². The number of rotatable bonds is 7. The van der Waals surface area contributed by atoms with E-state index in [0.29, 0.717) is 29.0 Å². The Morgan fingerprint density at radius 2 is 2.14 bits per heavy atom. The third kappa shape index (κ3) is 4.28. The van der Waals surface area contributed by atoms with Crippen LogP contribution in [0.15, 0.2) is 12.1 Å². The van der Waals surface area contributed by atoms with Gasteiger partial charge in [-0.3, -0.25) is 0 Å². The van der Waals surface area contributed by atoms with Crippen LogP contribution >= 0.6 is 11.6 Å². The largest absolute Gasteiger partial charge is 0.493 e. The molecular weight excluding hydrogens is 302 g/mol. The fraction of sp³-hybridized carbons (Fsp3) is 0.647. The first-order chi connectivity index (χ1) is 10.5. The summed E-state index contributed by atoms with van der Waals surface area (Å²) in [5.74, 6) is 1.65. The van der Waals surface area contributed by atoms with Gasteiger partial charge in [0.25, 0.3) is 0 Å². The SMILES string of the molecule is CCOc1c(Cl)cc(CN(C)CC2CCCC2O)cc1OC. The monoisotopic (exact) mass is 327 g/mol. The van der Waals surface area contributed by atoms with Crippen molar-refractivity contribution in [3.63, 3.8) is 0 Å². The molecule has 4 nitrogen and oxygen atoms in total. The summed E-state index contributed by atoms with van der Waals surface area (Å²) in [7, 11) is 3.69. The highest BCUT2D eigenvalue weighted by Crippen LogP contribution is 2.36. The Morgan fingerprint density at radius 3 is 2.73 bits per heavy atom. The van der Waals surface area contributed by atoms with E-state index in [4.69, 9.17) is 21.1 Å². The molecule has 0 bridgehead atoms. The second-order valence-corrected chi connectivity index (χ2v) is 6.40. The molecule has 0 saturated heterocycles. The van der Waals surface area contributed by atoms with Crippen LogP contribution in [0.2, 0.25) is 5.02 Å². The van der Waals surface area contributed by atoms with Gasteiger partial charge in [-0.1, -0.05) is 18.0 Å². The van der Waals surface area contributed by atoms with Gasteiger partial charge >= 0.3 is 0 Å². The Hall–Kier alpha value is -0.970. The molecule has 0 aliphatic heterocycles. The summed E-state index contributed by atoms with van der Waals surface area (Å²) in [6.07, 6.45) is 3.02. The fourth-order valence-electron chi connectivity index (χ4n) is 3.16. The smallest absolute Gasteiger partial charge is 0.179 e. The minimum Gasteiger partial charge on any atom is -0.493 e. The highest BCUT2D eigenvalue weighted by atomic mass is 35.5. The molecule has 2 unspecified atom stereocenters. The Bertz CT molecular complexity index is 495. The van der Waals surface area contributed by atoms with Crippen LogP contribution in [0.5, 0.6) is 11.5 Å². The van der Waals surface area contributed by atoms with Crippen molar-refractivity contribution < 1.29 is 14.6 Å². The zero-order valence-corrected chi connectivity index (χ0v) is 14.4. The van der Waals surface area contributed by atoms with Gasteiger partial charge < -0.3 is 19.5 Å². The van der Waals surface area contributed by atoms with Crippen LogP contribution in [-0.4, -0.2) is 43.4 Å². The van der Waals surface area contributed by atoms with Crippen LogP contribution in [0.25, 0.3) is 0 Å². The summed E-state index contributed by atoms with van der Waals surface area (Å²) in [6, 6.07) is 3.90. The van der Waals surface area contributed by atoms with Gasteiger partial charge in [0.1, 0.15) is 0 Å². The quantitative estimate of drug-likeness (QED) is 0.834. The zero-order chi connectivity index (χ0) is 16.1. The molecule has 1 N–H and O–H groups in total. The van der Waals surface area contributed by atoms with E-state index in [1.54, 1.807) is 7.11 Å². The van der Waals surface area contributed by atoms with Crippen molar-refractivity contribution in [1.29, 1.82) is 0 Å². The number of aliphatic hydroxyl groups is 1. The number of halogens is 1. The maximum atomic E-state index is 9.94. The van der Waals surface area contributed by atoms with E-state index < -0.39 is 0 Å². The molecule has 2 rings (SSSR count). The standard InChI is InChI=1S/C17H26ClNO3/c1-4-22-17-14(18)8-12(9-16(17)21-3)10-19(2)11-13-6-5-7-15(13)20/h8-9,13,15,20H,4-7,10-11H2,1-3H3. The van der Waals surface area contributed by atoms with E-state index in [-0.39, 0.29) is 6.10 Å². The van der Waals surface area contributed by atoms with Crippen LogP contribution in [0, 0.1) is 5.92 Å². The molecule has 1 fully saturated rings. The topological polar surface area (TPSA) is 41.9 Å². The van der Waals surface area contributed by atoms with Gasteiger partial charge in [-0.15, -0.1) is 0 Å². The van der Waals surface area contributed by atoms with Crippen molar-refractivity contribution in [1.82, 2.24) is 4.90 Å². The Kier molecular flexibility index (Phi) is 6.36. The molecule has 0 spiro atoms. The summed E-state index contributed by atoms with van der Waals surface area (Å²) in [5.41, 5.74) is 1.08. The van der Waals surface area contributed by atoms with Crippen molar-refractivity contribution in [3.8, 4) is 11.5 Å². The number of methoxy groups -OCH3 is 1. The predicted octanol–water partition coefficient (Wildman–Crippen LogP) is 3.34. The number of aliphatic hydroxyl groups excluding tert-OH is 1. The second kappa shape index (κ2) is 8.04. The summed E-state index contributed by atoms with van der Waals surface area (Å²) in [6.45, 7) is 4.14. The van der Waals surface area contributed by atoms with Crippen molar-refractivity contribution in [2.24, 2.45) is 5.92 Å². The third-order valence-electron chi connectivity index (χ3n) is 4.20. The van der Waals surface area contributed by atoms with Crippen LogP contribution in [0.3, 0.4) is 0 Å². The lowest BCUT2D eigenvalue weighted by Gasteiger charge is -2.23. The number of benzene rings is 1. The summed E-state index contributed by atoms with van der Waals surface area (Å²) in [4.78, 5) is 2.23. The van der Waals surface area contributed by atoms with E-state index in [9.17, 15) is 5.11 Å². The number of hydrogen-bond donors (Lipinski definition) is 1. The molecule has 1 aliphatic carbocycles. The van der Waals surface area contributed by atoms with E-state index >= 15 is 0 Å². The van der Waals surface area contributed by atoms with Crippen molar-refractivity contribution in [2.75, 3.05) is 27.3 Å². The highest BCUT2D eigenvalue weighted by Gasteiger charge is 2.26. The predicted molar refractivity (Wildman–Crippen MR) is 88.9 cm³/mol. The lowest BCUT2D eigenvalue weighted by Crippen LogP contribution is -2.29. The van der Waals surface area contributed by atoms with Crippen LogP contribution in [0.4, 0.5) is 0 Å². The van der Waals surface area contributed by atoms with Crippen molar-refractivity contribution in [2.45, 2.75) is 38.8 Å². The maximum Gasteiger partial charge on any atom is 0.179 e. The first-order valence-corrected chi connectivity index (χ1v) is 8.28. The minimum atomic E-state index is -0.152. The average Bonchev–Trinajstić information content (AvgIpc) is 2.86. The molecule has 5 heteroatoms. The Balaban J connectivity index is 2.04. The first-order valence-electron chi connectivity index (χ1n) is 7.91. The summed E-state index contributed by atoms with van der Waals surface area (Å²) in [5, 5.41) is 10.5. The van der Waals surface area contributed by atoms with Crippen molar-refractivity contribution in [3.05, 3.63) is 22.7 Å². The van der Waals surface area contributed by atoms with Gasteiger partial charge in [0, 0.05) is 13.1 Å². The summed E-state index contributed by atoms with van der Waals surface area (Å²) >= 11 is 6.31. The maximum absolute atomic E-state index is 9.94. The van der Waals surface area contributed by atoms with E-state index in [2.05, 4.69) is 11.9 Å². The zero-order valence-electron chi connectivity index (χ0n) is 13.6. The van der Waals surface area contributed by atoms with Crippen LogP contribution in [0.1, 0.15) is 31.7 Å². The van der Waals surface area contributed by atoms with Gasteiger partial charge in [-0.25, -0.2) is 0 Å². The third-order valence-corrected chi connectivity index (χ3v) is 4.48. The molecule has 1 aliphatic rings. The molecule has 22 heavy (non-hydrogen) atoms. The van der Waals surface area contributed by atoms with Gasteiger partial charge in [0.2, 0.25) is 0 Å². The molecule has 124 valence electrons. The van der Waals surface area contributed by atoms with Gasteiger partial charge in [-0.2, -0.15) is 0 Å². The molecule has 0 amide bonds. The molecule has 2 atom stereocenters. The van der Waals surface area contributed by atoms with Gasteiger partial charge in [0.05, 0.1) is 24.8 Å². The highest BCUT2D eigenvalue weighted by molar-refractivity contribution is 6.32. The molecular formula is C17H26ClNO3. The van der Waals surface area contributed by atoms with Gasteiger partial charge in [-0.05, 0) is 50.4 Å². The van der Waals surface area contributed by atoms with E-state index in [0.717, 1.165) is 37.9 Å².